The third-order valence-electron chi connectivity index (χ3n) is 3.10. The maximum atomic E-state index is 12.4. The van der Waals surface area contributed by atoms with Crippen LogP contribution >= 0.6 is 22.6 Å². The molecule has 0 amide bonds. The molecular formula is C15H14INO4S. The van der Waals surface area contributed by atoms with Gasteiger partial charge in [0.25, 0.3) is 10.0 Å². The predicted octanol–water partition coefficient (Wildman–Crippen LogP) is 3.41. The van der Waals surface area contributed by atoms with Crippen molar-refractivity contribution < 1.29 is 18.3 Å². The lowest BCUT2D eigenvalue weighted by Gasteiger charge is -2.14. The molecule has 0 bridgehead atoms. The Morgan fingerprint density at radius 3 is 2.27 bits per heavy atom. The molecule has 116 valence electrons. The molecule has 2 rings (SSSR count). The Bertz CT molecular complexity index is 829. The number of sulfonamides is 1. The number of hydrogen-bond donors (Lipinski definition) is 2. The summed E-state index contributed by atoms with van der Waals surface area (Å²) in [5.74, 6) is -1.18. The highest BCUT2D eigenvalue weighted by Crippen LogP contribution is 2.26. The van der Waals surface area contributed by atoms with Gasteiger partial charge in [-0.05, 0) is 66.3 Å². The lowest BCUT2D eigenvalue weighted by atomic mass is 10.1. The van der Waals surface area contributed by atoms with Gasteiger partial charge in [-0.2, -0.15) is 0 Å². The van der Waals surface area contributed by atoms with Gasteiger partial charge in [0.1, 0.15) is 0 Å². The first kappa shape index (κ1) is 16.8. The number of benzene rings is 2. The molecule has 0 aliphatic carbocycles. The number of nitrogens with one attached hydrogen (secondary N) is 1. The van der Waals surface area contributed by atoms with Gasteiger partial charge in [0, 0.05) is 3.57 Å². The number of carbonyl (C=O) groups is 1. The fraction of sp³-hybridized carbons (Fsp3) is 0.133. The van der Waals surface area contributed by atoms with E-state index in [-0.39, 0.29) is 16.1 Å². The van der Waals surface area contributed by atoms with Gasteiger partial charge in [-0.15, -0.1) is 0 Å². The van der Waals surface area contributed by atoms with Crippen LogP contribution in [-0.4, -0.2) is 19.5 Å². The molecular weight excluding hydrogens is 417 g/mol. The zero-order valence-electron chi connectivity index (χ0n) is 11.9. The zero-order chi connectivity index (χ0) is 16.5. The average Bonchev–Trinajstić information content (AvgIpc) is 2.41. The highest BCUT2D eigenvalue weighted by molar-refractivity contribution is 14.1. The first-order chi connectivity index (χ1) is 10.2. The van der Waals surface area contributed by atoms with E-state index >= 15 is 0 Å². The smallest absolute Gasteiger partial charge is 0.337 e. The molecule has 0 heterocycles. The van der Waals surface area contributed by atoms with Crippen molar-refractivity contribution in [3.63, 3.8) is 0 Å². The predicted molar refractivity (Wildman–Crippen MR) is 92.8 cm³/mol. The second kappa shape index (κ2) is 6.25. The van der Waals surface area contributed by atoms with E-state index in [1.807, 2.05) is 29.5 Å². The Balaban J connectivity index is 2.50. The Kier molecular flexibility index (Phi) is 4.76. The summed E-state index contributed by atoms with van der Waals surface area (Å²) >= 11 is 1.99. The average molecular weight is 431 g/mol. The summed E-state index contributed by atoms with van der Waals surface area (Å²) in [7, 11) is -3.84. The number of anilines is 1. The van der Waals surface area contributed by atoms with Gasteiger partial charge in [0.15, 0.2) is 0 Å². The van der Waals surface area contributed by atoms with Crippen molar-refractivity contribution >= 4 is 44.3 Å². The minimum atomic E-state index is -3.84. The van der Waals surface area contributed by atoms with Gasteiger partial charge in [-0.1, -0.05) is 17.7 Å². The number of hydrogen-bond acceptors (Lipinski definition) is 3. The summed E-state index contributed by atoms with van der Waals surface area (Å²) in [6.45, 7) is 3.53. The summed E-state index contributed by atoms with van der Waals surface area (Å²) in [5, 5.41) is 9.28. The second-order valence-electron chi connectivity index (χ2n) is 4.87. The van der Waals surface area contributed by atoms with Crippen LogP contribution in [0.4, 0.5) is 5.69 Å². The lowest BCUT2D eigenvalue weighted by molar-refractivity contribution is 0.0698. The molecule has 0 aliphatic rings. The molecule has 7 heteroatoms. The molecule has 0 spiro atoms. The van der Waals surface area contributed by atoms with Gasteiger partial charge in [-0.25, -0.2) is 13.2 Å². The van der Waals surface area contributed by atoms with Crippen LogP contribution in [0, 0.1) is 17.4 Å². The highest BCUT2D eigenvalue weighted by atomic mass is 127. The van der Waals surface area contributed by atoms with Gasteiger partial charge in [0.2, 0.25) is 0 Å². The number of carboxylic acid groups (broad SMARTS) is 1. The van der Waals surface area contributed by atoms with Crippen LogP contribution in [0.2, 0.25) is 0 Å². The van der Waals surface area contributed by atoms with E-state index in [4.69, 9.17) is 0 Å². The summed E-state index contributed by atoms with van der Waals surface area (Å²) in [5.41, 5.74) is 1.52. The summed E-state index contributed by atoms with van der Waals surface area (Å²) < 4.78 is 28.0. The second-order valence-corrected chi connectivity index (χ2v) is 7.80. The zero-order valence-corrected chi connectivity index (χ0v) is 14.9. The first-order valence-corrected chi connectivity index (χ1v) is 8.90. The van der Waals surface area contributed by atoms with Gasteiger partial charge in [-0.3, -0.25) is 4.72 Å². The molecule has 2 aromatic carbocycles. The number of carboxylic acids is 1. The molecule has 0 fully saturated rings. The summed E-state index contributed by atoms with van der Waals surface area (Å²) in [4.78, 5) is 11.4. The van der Waals surface area contributed by atoms with E-state index in [0.717, 1.165) is 9.13 Å². The minimum absolute atomic E-state index is 0.0694. The fourth-order valence-electron chi connectivity index (χ4n) is 1.96. The van der Waals surface area contributed by atoms with Crippen molar-refractivity contribution in [3.05, 3.63) is 56.7 Å². The van der Waals surface area contributed by atoms with Crippen molar-refractivity contribution in [1.29, 1.82) is 0 Å². The topological polar surface area (TPSA) is 83.5 Å². The van der Waals surface area contributed by atoms with E-state index in [1.54, 1.807) is 25.1 Å². The van der Waals surface area contributed by atoms with Gasteiger partial charge < -0.3 is 5.11 Å². The highest BCUT2D eigenvalue weighted by Gasteiger charge is 2.20. The SMILES string of the molecule is Cc1ccc(S(=O)(=O)Nc2c(C)cc(I)cc2C(=O)O)cc1. The maximum absolute atomic E-state index is 12.4. The Labute approximate surface area is 142 Å². The maximum Gasteiger partial charge on any atom is 0.337 e. The Morgan fingerprint density at radius 2 is 1.73 bits per heavy atom. The van der Waals surface area contributed by atoms with Crippen LogP contribution in [-0.2, 0) is 10.0 Å². The van der Waals surface area contributed by atoms with E-state index in [9.17, 15) is 18.3 Å². The minimum Gasteiger partial charge on any atom is -0.478 e. The van der Waals surface area contributed by atoms with Crippen LogP contribution < -0.4 is 4.72 Å². The molecule has 2 aromatic rings. The Morgan fingerprint density at radius 1 is 1.14 bits per heavy atom. The Hall–Kier alpha value is -1.61. The van der Waals surface area contributed by atoms with E-state index in [0.29, 0.717) is 5.56 Å². The van der Waals surface area contributed by atoms with Crippen LogP contribution in [0.15, 0.2) is 41.3 Å². The number of aryl methyl sites for hydroxylation is 2. The first-order valence-electron chi connectivity index (χ1n) is 6.33. The van der Waals surface area contributed by atoms with Crippen LogP contribution in [0.25, 0.3) is 0 Å². The molecule has 0 atom stereocenters. The molecule has 0 unspecified atom stereocenters. The number of halogens is 1. The number of aromatic carboxylic acids is 1. The van der Waals surface area contributed by atoms with Crippen molar-refractivity contribution in [2.24, 2.45) is 0 Å². The molecule has 0 aromatic heterocycles. The normalized spacial score (nSPS) is 11.2. The number of rotatable bonds is 4. The van der Waals surface area contributed by atoms with Crippen molar-refractivity contribution in [1.82, 2.24) is 0 Å². The van der Waals surface area contributed by atoms with E-state index < -0.39 is 16.0 Å². The molecule has 2 N–H and O–H groups in total. The molecule has 0 radical (unpaired) electrons. The van der Waals surface area contributed by atoms with Crippen molar-refractivity contribution in [2.75, 3.05) is 4.72 Å². The van der Waals surface area contributed by atoms with Crippen molar-refractivity contribution in [3.8, 4) is 0 Å². The summed E-state index contributed by atoms with van der Waals surface area (Å²) in [6, 6.07) is 9.50. The van der Waals surface area contributed by atoms with E-state index in [1.165, 1.54) is 18.2 Å². The van der Waals surface area contributed by atoms with Crippen LogP contribution in [0.5, 0.6) is 0 Å². The summed E-state index contributed by atoms with van der Waals surface area (Å²) in [6.07, 6.45) is 0. The molecule has 5 nitrogen and oxygen atoms in total. The standard InChI is InChI=1S/C15H14INO4S/c1-9-3-5-12(6-4-9)22(20,21)17-14-10(2)7-11(16)8-13(14)15(18)19/h3-8,17H,1-2H3,(H,18,19). The molecule has 0 saturated heterocycles. The van der Waals surface area contributed by atoms with Crippen LogP contribution in [0.3, 0.4) is 0 Å². The molecule has 0 saturated carbocycles. The third-order valence-corrected chi connectivity index (χ3v) is 5.09. The fourth-order valence-corrected chi connectivity index (χ4v) is 3.89. The quantitative estimate of drug-likeness (QED) is 0.727. The van der Waals surface area contributed by atoms with Gasteiger partial charge >= 0.3 is 5.97 Å². The van der Waals surface area contributed by atoms with Gasteiger partial charge in [0.05, 0.1) is 16.1 Å². The lowest BCUT2D eigenvalue weighted by Crippen LogP contribution is -2.17. The van der Waals surface area contributed by atoms with E-state index in [2.05, 4.69) is 4.72 Å². The molecule has 22 heavy (non-hydrogen) atoms. The van der Waals surface area contributed by atoms with Crippen LogP contribution in [0.1, 0.15) is 21.5 Å². The molecule has 0 aliphatic heterocycles. The van der Waals surface area contributed by atoms with Crippen molar-refractivity contribution in [2.45, 2.75) is 18.7 Å². The largest absolute Gasteiger partial charge is 0.478 e. The third kappa shape index (κ3) is 3.58. The monoisotopic (exact) mass is 431 g/mol.